The topological polar surface area (TPSA) is 49.4 Å². The van der Waals surface area contributed by atoms with Gasteiger partial charge >= 0.3 is 0 Å². The fourth-order valence-electron chi connectivity index (χ4n) is 3.16. The van der Waals surface area contributed by atoms with Gasteiger partial charge in [-0.05, 0) is 36.8 Å². The first kappa shape index (κ1) is 15.1. The van der Waals surface area contributed by atoms with Crippen molar-refractivity contribution >= 4 is 17.5 Å². The van der Waals surface area contributed by atoms with Crippen LogP contribution >= 0.6 is 0 Å². The molecule has 3 rings (SSSR count). The number of nitrogens with zero attached hydrogens (tertiary/aromatic N) is 1. The van der Waals surface area contributed by atoms with Crippen molar-refractivity contribution in [1.82, 2.24) is 5.32 Å². The number of carbonyl (C=O) groups excluding carboxylic acids is 2. The predicted molar refractivity (Wildman–Crippen MR) is 86.6 cm³/mol. The van der Waals surface area contributed by atoms with Crippen molar-refractivity contribution in [3.05, 3.63) is 29.8 Å². The third kappa shape index (κ3) is 3.01. The van der Waals surface area contributed by atoms with Gasteiger partial charge in [-0.15, -0.1) is 0 Å². The van der Waals surface area contributed by atoms with Gasteiger partial charge in [0.1, 0.15) is 0 Å². The summed E-state index contributed by atoms with van der Waals surface area (Å²) < 4.78 is 0. The Labute approximate surface area is 131 Å². The minimum absolute atomic E-state index is 0.0392. The summed E-state index contributed by atoms with van der Waals surface area (Å²) in [5.74, 6) is 0.346. The Kier molecular flexibility index (Phi) is 4.19. The number of anilines is 1. The normalized spacial score (nSPS) is 23.1. The second-order valence-corrected chi connectivity index (χ2v) is 6.81. The molecule has 1 N–H and O–H groups in total. The molecule has 1 heterocycles. The summed E-state index contributed by atoms with van der Waals surface area (Å²) in [4.78, 5) is 26.7. The van der Waals surface area contributed by atoms with Crippen LogP contribution in [0.15, 0.2) is 24.3 Å². The summed E-state index contributed by atoms with van der Waals surface area (Å²) in [6.07, 6.45) is 2.73. The maximum Gasteiger partial charge on any atom is 0.230 e. The van der Waals surface area contributed by atoms with Crippen LogP contribution in [0.4, 0.5) is 5.69 Å². The SMILES string of the molecule is CC(C)CNC(=O)C1CC1C(=O)N1CCCc2ccccc21. The molecular weight excluding hydrogens is 276 g/mol. The Balaban J connectivity index is 1.63. The van der Waals surface area contributed by atoms with E-state index in [1.807, 2.05) is 23.1 Å². The van der Waals surface area contributed by atoms with Crippen molar-refractivity contribution in [2.24, 2.45) is 17.8 Å². The molecule has 1 aliphatic carbocycles. The van der Waals surface area contributed by atoms with Crippen LogP contribution in [-0.2, 0) is 16.0 Å². The summed E-state index contributed by atoms with van der Waals surface area (Å²) >= 11 is 0. The van der Waals surface area contributed by atoms with E-state index >= 15 is 0 Å². The molecule has 4 nitrogen and oxygen atoms in total. The first-order valence-electron chi connectivity index (χ1n) is 8.25. The predicted octanol–water partition coefficient (Wildman–Crippen LogP) is 2.37. The third-order valence-electron chi connectivity index (χ3n) is 4.51. The summed E-state index contributed by atoms with van der Waals surface area (Å²) in [6, 6.07) is 8.10. The summed E-state index contributed by atoms with van der Waals surface area (Å²) in [7, 11) is 0. The first-order valence-corrected chi connectivity index (χ1v) is 8.25. The molecule has 1 fully saturated rings. The van der Waals surface area contributed by atoms with Crippen molar-refractivity contribution < 1.29 is 9.59 Å². The molecule has 4 heteroatoms. The van der Waals surface area contributed by atoms with Crippen LogP contribution in [0.1, 0.15) is 32.3 Å². The average molecular weight is 300 g/mol. The fourth-order valence-corrected chi connectivity index (χ4v) is 3.16. The minimum Gasteiger partial charge on any atom is -0.356 e. The molecule has 2 amide bonds. The molecular formula is C18H24N2O2. The molecule has 0 bridgehead atoms. The van der Waals surface area contributed by atoms with Crippen LogP contribution in [0, 0.1) is 17.8 Å². The lowest BCUT2D eigenvalue weighted by molar-refractivity contribution is -0.126. The number of aryl methyl sites for hydroxylation is 1. The first-order chi connectivity index (χ1) is 10.6. The summed E-state index contributed by atoms with van der Waals surface area (Å²) in [5.41, 5.74) is 2.27. The quantitative estimate of drug-likeness (QED) is 0.928. The van der Waals surface area contributed by atoms with Crippen LogP contribution in [-0.4, -0.2) is 24.9 Å². The third-order valence-corrected chi connectivity index (χ3v) is 4.51. The van der Waals surface area contributed by atoms with Crippen LogP contribution in [0.3, 0.4) is 0 Å². The lowest BCUT2D eigenvalue weighted by Gasteiger charge is -2.29. The number of fused-ring (bicyclic) bond motifs is 1. The highest BCUT2D eigenvalue weighted by Crippen LogP contribution is 2.42. The van der Waals surface area contributed by atoms with Gasteiger partial charge in [0.25, 0.3) is 0 Å². The molecule has 0 spiro atoms. The van der Waals surface area contributed by atoms with E-state index in [0.29, 0.717) is 18.9 Å². The van der Waals surface area contributed by atoms with E-state index in [2.05, 4.69) is 25.2 Å². The highest BCUT2D eigenvalue weighted by molar-refractivity contribution is 6.01. The van der Waals surface area contributed by atoms with E-state index in [1.165, 1.54) is 5.56 Å². The monoisotopic (exact) mass is 300 g/mol. The van der Waals surface area contributed by atoms with Crippen molar-refractivity contribution in [3.63, 3.8) is 0 Å². The lowest BCUT2D eigenvalue weighted by atomic mass is 10.0. The molecule has 1 saturated carbocycles. The molecule has 22 heavy (non-hydrogen) atoms. The number of hydrogen-bond donors (Lipinski definition) is 1. The van der Waals surface area contributed by atoms with Gasteiger partial charge in [-0.2, -0.15) is 0 Å². The lowest BCUT2D eigenvalue weighted by Crippen LogP contribution is -2.38. The van der Waals surface area contributed by atoms with Gasteiger partial charge in [0, 0.05) is 18.8 Å². The molecule has 1 aliphatic heterocycles. The maximum atomic E-state index is 12.7. The molecule has 0 aromatic heterocycles. The molecule has 2 unspecified atom stereocenters. The Bertz CT molecular complexity index is 582. The van der Waals surface area contributed by atoms with E-state index in [0.717, 1.165) is 25.1 Å². The molecule has 1 aromatic rings. The van der Waals surface area contributed by atoms with Crippen LogP contribution in [0.2, 0.25) is 0 Å². The fraction of sp³-hybridized carbons (Fsp3) is 0.556. The van der Waals surface area contributed by atoms with E-state index in [9.17, 15) is 9.59 Å². The number of carbonyl (C=O) groups is 2. The number of amides is 2. The molecule has 2 aliphatic rings. The Hall–Kier alpha value is -1.84. The van der Waals surface area contributed by atoms with E-state index < -0.39 is 0 Å². The highest BCUT2D eigenvalue weighted by Gasteiger charge is 2.49. The number of rotatable bonds is 4. The van der Waals surface area contributed by atoms with E-state index in [1.54, 1.807) is 0 Å². The van der Waals surface area contributed by atoms with Gasteiger partial charge in [-0.25, -0.2) is 0 Å². The van der Waals surface area contributed by atoms with Gasteiger partial charge in [0.2, 0.25) is 11.8 Å². The second-order valence-electron chi connectivity index (χ2n) is 6.81. The maximum absolute atomic E-state index is 12.7. The number of para-hydroxylation sites is 1. The average Bonchev–Trinajstić information content (AvgIpc) is 3.32. The van der Waals surface area contributed by atoms with Gasteiger partial charge in [-0.3, -0.25) is 9.59 Å². The number of nitrogens with one attached hydrogen (secondary N) is 1. The summed E-state index contributed by atoms with van der Waals surface area (Å²) in [5, 5.41) is 2.94. The van der Waals surface area contributed by atoms with Gasteiger partial charge in [0.15, 0.2) is 0 Å². The zero-order chi connectivity index (χ0) is 15.7. The van der Waals surface area contributed by atoms with Crippen molar-refractivity contribution in [3.8, 4) is 0 Å². The Morgan fingerprint density at radius 3 is 2.82 bits per heavy atom. The van der Waals surface area contributed by atoms with Crippen LogP contribution in [0.5, 0.6) is 0 Å². The Morgan fingerprint density at radius 2 is 2.05 bits per heavy atom. The van der Waals surface area contributed by atoms with Gasteiger partial charge in [-0.1, -0.05) is 32.0 Å². The minimum atomic E-state index is -0.127. The van der Waals surface area contributed by atoms with Crippen molar-refractivity contribution in [2.75, 3.05) is 18.0 Å². The van der Waals surface area contributed by atoms with E-state index in [4.69, 9.17) is 0 Å². The molecule has 1 aromatic carbocycles. The summed E-state index contributed by atoms with van der Waals surface area (Å²) in [6.45, 7) is 5.59. The standard InChI is InChI=1S/C18H24N2O2/c1-12(2)11-19-17(21)14-10-15(14)18(22)20-9-5-7-13-6-3-4-8-16(13)20/h3-4,6,8,12,14-15H,5,7,9-11H2,1-2H3,(H,19,21). The molecule has 118 valence electrons. The van der Waals surface area contributed by atoms with Crippen molar-refractivity contribution in [1.29, 1.82) is 0 Å². The van der Waals surface area contributed by atoms with Crippen LogP contribution in [0.25, 0.3) is 0 Å². The largest absolute Gasteiger partial charge is 0.356 e. The van der Waals surface area contributed by atoms with Crippen molar-refractivity contribution in [2.45, 2.75) is 33.1 Å². The molecule has 2 atom stereocenters. The highest BCUT2D eigenvalue weighted by atomic mass is 16.2. The van der Waals surface area contributed by atoms with Gasteiger partial charge < -0.3 is 10.2 Å². The number of benzene rings is 1. The van der Waals surface area contributed by atoms with E-state index in [-0.39, 0.29) is 23.7 Å². The number of hydrogen-bond acceptors (Lipinski definition) is 2. The second kappa shape index (κ2) is 6.11. The molecule has 0 saturated heterocycles. The smallest absolute Gasteiger partial charge is 0.230 e. The molecule has 0 radical (unpaired) electrons. The van der Waals surface area contributed by atoms with Crippen LogP contribution < -0.4 is 10.2 Å². The zero-order valence-corrected chi connectivity index (χ0v) is 13.3. The zero-order valence-electron chi connectivity index (χ0n) is 13.3. The van der Waals surface area contributed by atoms with Gasteiger partial charge in [0.05, 0.1) is 11.8 Å². The Morgan fingerprint density at radius 1 is 1.27 bits per heavy atom.